The Morgan fingerprint density at radius 1 is 1.30 bits per heavy atom. The normalized spacial score (nSPS) is 11.4. The fourth-order valence-corrected chi connectivity index (χ4v) is 4.60. The first-order valence-corrected chi connectivity index (χ1v) is 9.41. The predicted octanol–water partition coefficient (Wildman–Crippen LogP) is 3.18. The zero-order chi connectivity index (χ0) is 16.8. The van der Waals surface area contributed by atoms with Crippen LogP contribution in [0.25, 0.3) is 5.69 Å². The molecule has 2 aliphatic rings. The van der Waals surface area contributed by atoms with Gasteiger partial charge in [-0.25, -0.2) is 4.79 Å². The molecule has 0 fully saturated rings. The summed E-state index contributed by atoms with van der Waals surface area (Å²) in [5.74, 6) is 1.06. The molecule has 0 aromatic carbocycles. The molecule has 5 nitrogen and oxygen atoms in total. The maximum Gasteiger partial charge on any atom is 0.354 e. The minimum absolute atomic E-state index is 0.255. The maximum absolute atomic E-state index is 12.0. The van der Waals surface area contributed by atoms with Gasteiger partial charge in [-0.15, -0.1) is 23.1 Å². The van der Waals surface area contributed by atoms with Crippen molar-refractivity contribution in [1.82, 2.24) is 9.55 Å². The number of rotatable bonds is 9. The number of ether oxygens (including phenoxy) is 1. The molecule has 0 atom stereocenters. The zero-order valence-electron chi connectivity index (χ0n) is 13.4. The number of nitrogen functional groups attached to an aromatic ring is 1. The van der Waals surface area contributed by atoms with Crippen LogP contribution in [0.2, 0.25) is 0 Å². The van der Waals surface area contributed by atoms with Gasteiger partial charge in [-0.05, 0) is 33.1 Å². The van der Waals surface area contributed by atoms with Gasteiger partial charge < -0.3 is 10.5 Å². The van der Waals surface area contributed by atoms with Crippen molar-refractivity contribution >= 4 is 28.9 Å². The molecule has 0 radical (unpaired) electrons. The van der Waals surface area contributed by atoms with Gasteiger partial charge in [-0.1, -0.05) is 0 Å². The minimum atomic E-state index is -0.322. The lowest BCUT2D eigenvalue weighted by Crippen LogP contribution is -2.17. The Morgan fingerprint density at radius 3 is 2.83 bits per heavy atom. The SMILES string of the molecule is Cc1sc(SCCOCCCCCF)c2c(N)nc(=O)n-2c1C. The summed E-state index contributed by atoms with van der Waals surface area (Å²) < 4.78 is 20.1. The van der Waals surface area contributed by atoms with Crippen molar-refractivity contribution in [2.45, 2.75) is 37.3 Å². The van der Waals surface area contributed by atoms with Crippen LogP contribution in [-0.4, -0.2) is 35.2 Å². The van der Waals surface area contributed by atoms with Gasteiger partial charge in [0.25, 0.3) is 0 Å². The molecule has 0 bridgehead atoms. The topological polar surface area (TPSA) is 70.1 Å². The zero-order valence-corrected chi connectivity index (χ0v) is 15.1. The molecule has 0 spiro atoms. The summed E-state index contributed by atoms with van der Waals surface area (Å²) in [6, 6.07) is 0. The van der Waals surface area contributed by atoms with E-state index in [2.05, 4.69) is 4.98 Å². The van der Waals surface area contributed by atoms with Gasteiger partial charge in [0, 0.05) is 22.9 Å². The highest BCUT2D eigenvalue weighted by molar-refractivity contribution is 8.01. The van der Waals surface area contributed by atoms with Crippen LogP contribution in [0.3, 0.4) is 0 Å². The molecule has 2 heterocycles. The number of anilines is 1. The highest BCUT2D eigenvalue weighted by atomic mass is 32.2. The Kier molecular flexibility index (Phi) is 6.86. The number of fused-ring (bicyclic) bond motifs is 1. The number of halogens is 1. The average molecular weight is 359 g/mol. The number of thioether (sulfide) groups is 1. The Balaban J connectivity index is 1.93. The number of hydrogen-bond acceptors (Lipinski definition) is 6. The van der Waals surface area contributed by atoms with Gasteiger partial charge in [-0.3, -0.25) is 8.96 Å². The molecule has 2 N–H and O–H groups in total. The van der Waals surface area contributed by atoms with Gasteiger partial charge in [0.1, 0.15) is 5.69 Å². The van der Waals surface area contributed by atoms with Crippen LogP contribution in [0.15, 0.2) is 9.00 Å². The number of imidazole rings is 1. The van der Waals surface area contributed by atoms with Crippen molar-refractivity contribution in [2.75, 3.05) is 31.4 Å². The molecule has 8 heteroatoms. The summed E-state index contributed by atoms with van der Waals surface area (Å²) in [5.41, 5.74) is 7.16. The van der Waals surface area contributed by atoms with E-state index in [0.717, 1.165) is 33.4 Å². The smallest absolute Gasteiger partial charge is 0.354 e. The number of aromatic nitrogens is 2. The quantitative estimate of drug-likeness (QED) is 0.550. The molecule has 0 saturated carbocycles. The third-order valence-electron chi connectivity index (χ3n) is 3.54. The van der Waals surface area contributed by atoms with Gasteiger partial charge in [-0.2, -0.15) is 4.98 Å². The molecule has 128 valence electrons. The van der Waals surface area contributed by atoms with E-state index >= 15 is 0 Å². The second-order valence-electron chi connectivity index (χ2n) is 5.21. The Labute approximate surface area is 143 Å². The number of nitrogens with two attached hydrogens (primary N) is 1. The van der Waals surface area contributed by atoms with Gasteiger partial charge in [0.15, 0.2) is 5.82 Å². The van der Waals surface area contributed by atoms with Crippen molar-refractivity contribution < 1.29 is 9.13 Å². The minimum Gasteiger partial charge on any atom is -0.382 e. The number of nitrogens with zero attached hydrogens (tertiary/aromatic N) is 2. The number of hydrogen-bond donors (Lipinski definition) is 1. The second kappa shape index (κ2) is 8.65. The lowest BCUT2D eigenvalue weighted by molar-refractivity contribution is 0.145. The number of alkyl halides is 1. The van der Waals surface area contributed by atoms with Crippen molar-refractivity contribution in [3.05, 3.63) is 21.1 Å². The van der Waals surface area contributed by atoms with E-state index in [0.29, 0.717) is 25.3 Å². The molecule has 0 saturated heterocycles. The summed E-state index contributed by atoms with van der Waals surface area (Å²) >= 11 is 3.24. The Bertz CT molecular complexity index is 672. The van der Waals surface area contributed by atoms with Gasteiger partial charge >= 0.3 is 5.69 Å². The summed E-state index contributed by atoms with van der Waals surface area (Å²) in [7, 11) is 0. The van der Waals surface area contributed by atoms with Gasteiger partial charge in [0.05, 0.1) is 17.5 Å². The third kappa shape index (κ3) is 4.45. The van der Waals surface area contributed by atoms with Crippen molar-refractivity contribution in [3.63, 3.8) is 0 Å². The average Bonchev–Trinajstić information content (AvgIpc) is 2.82. The molecule has 0 amide bonds. The van der Waals surface area contributed by atoms with Crippen LogP contribution in [0.1, 0.15) is 29.8 Å². The van der Waals surface area contributed by atoms with E-state index in [1.165, 1.54) is 0 Å². The number of unbranched alkanes of at least 4 members (excludes halogenated alkanes) is 2. The van der Waals surface area contributed by atoms with E-state index in [4.69, 9.17) is 10.5 Å². The monoisotopic (exact) mass is 359 g/mol. The first kappa shape index (κ1) is 18.2. The lowest BCUT2D eigenvalue weighted by Gasteiger charge is -2.14. The lowest BCUT2D eigenvalue weighted by atomic mass is 10.3. The molecular weight excluding hydrogens is 337 g/mol. The van der Waals surface area contributed by atoms with Crippen LogP contribution < -0.4 is 11.4 Å². The predicted molar refractivity (Wildman–Crippen MR) is 94.2 cm³/mol. The van der Waals surface area contributed by atoms with E-state index in [1.54, 1.807) is 27.7 Å². The molecule has 0 aliphatic carbocycles. The standard InChI is InChI=1S/C15H22FN3O2S2/c1-10-11(2)23-14(12-13(17)18-15(20)19(10)12)22-9-8-21-7-5-3-4-6-16/h3-9H2,1-2H3,(H2,17,18,20). The first-order valence-electron chi connectivity index (χ1n) is 7.61. The van der Waals surface area contributed by atoms with Crippen molar-refractivity contribution in [1.29, 1.82) is 0 Å². The van der Waals surface area contributed by atoms with E-state index < -0.39 is 0 Å². The highest BCUT2D eigenvalue weighted by Gasteiger charge is 2.21. The highest BCUT2D eigenvalue weighted by Crippen LogP contribution is 2.36. The molecule has 0 aromatic rings. The van der Waals surface area contributed by atoms with Crippen LogP contribution in [-0.2, 0) is 4.74 Å². The maximum atomic E-state index is 12.0. The molecule has 2 rings (SSSR count). The summed E-state index contributed by atoms with van der Waals surface area (Å²) in [6.45, 7) is 4.90. The van der Waals surface area contributed by atoms with Crippen LogP contribution in [0.5, 0.6) is 0 Å². The second-order valence-corrected chi connectivity index (χ2v) is 7.79. The summed E-state index contributed by atoms with van der Waals surface area (Å²) in [4.78, 5) is 16.9. The van der Waals surface area contributed by atoms with Crippen LogP contribution in [0, 0.1) is 13.8 Å². The van der Waals surface area contributed by atoms with Crippen LogP contribution in [0.4, 0.5) is 10.2 Å². The van der Waals surface area contributed by atoms with E-state index in [-0.39, 0.29) is 18.2 Å². The van der Waals surface area contributed by atoms with E-state index in [1.807, 2.05) is 13.8 Å². The van der Waals surface area contributed by atoms with E-state index in [9.17, 15) is 9.18 Å². The molecule has 0 aromatic heterocycles. The Morgan fingerprint density at radius 2 is 2.09 bits per heavy atom. The number of aryl methyl sites for hydroxylation is 1. The third-order valence-corrected chi connectivity index (χ3v) is 5.95. The molecule has 2 aliphatic heterocycles. The largest absolute Gasteiger partial charge is 0.382 e. The Hall–Kier alpha value is -1.12. The van der Waals surface area contributed by atoms with Crippen LogP contribution >= 0.6 is 23.1 Å². The molecule has 23 heavy (non-hydrogen) atoms. The fourth-order valence-electron chi connectivity index (χ4n) is 2.21. The molecule has 0 unspecified atom stereocenters. The van der Waals surface area contributed by atoms with Crippen molar-refractivity contribution in [3.8, 4) is 5.69 Å². The summed E-state index contributed by atoms with van der Waals surface area (Å²) in [5, 5.41) is 0. The summed E-state index contributed by atoms with van der Waals surface area (Å²) in [6.07, 6.45) is 2.36. The first-order chi connectivity index (χ1) is 11.1. The van der Waals surface area contributed by atoms with Crippen molar-refractivity contribution in [2.24, 2.45) is 0 Å². The molecular formula is C15H22FN3O2S2. The fraction of sp³-hybridized carbons (Fsp3) is 0.600. The van der Waals surface area contributed by atoms with Gasteiger partial charge in [0.2, 0.25) is 0 Å².